The van der Waals surface area contributed by atoms with Crippen molar-refractivity contribution in [1.82, 2.24) is 39.0 Å². The molecule has 9 atom stereocenters. The molecule has 0 aliphatic carbocycles. The summed E-state index contributed by atoms with van der Waals surface area (Å²) in [6.07, 6.45) is -5.19. The number of hydrogen-bond acceptors (Lipinski definition) is 16. The third kappa shape index (κ3) is 4.66. The normalized spacial score (nSPS) is 33.0. The molecule has 1 unspecified atom stereocenters. The fourth-order valence-corrected chi connectivity index (χ4v) is 7.22. The van der Waals surface area contributed by atoms with Crippen LogP contribution in [0.25, 0.3) is 22.3 Å². The minimum atomic E-state index is -4.32. The smallest absolute Gasteiger partial charge is 0.386 e. The molecule has 236 valence electrons. The van der Waals surface area contributed by atoms with Crippen molar-refractivity contribution >= 4 is 53.1 Å². The molecule has 19 nitrogen and oxygen atoms in total. The third-order valence-corrected chi connectivity index (χ3v) is 9.52. The first kappa shape index (κ1) is 29.4. The summed E-state index contributed by atoms with van der Waals surface area (Å²) in [5.41, 5.74) is 10.2. The zero-order valence-electron chi connectivity index (χ0n) is 22.4. The molecular weight excluding hydrogens is 630 g/mol. The molecule has 22 heteroatoms. The molecule has 7 rings (SSSR count). The Morgan fingerprint density at radius 3 is 2.70 bits per heavy atom. The van der Waals surface area contributed by atoms with Gasteiger partial charge in [0.25, 0.3) is 5.56 Å². The summed E-state index contributed by atoms with van der Waals surface area (Å²) in [5, 5.41) is 20.7. The van der Waals surface area contributed by atoms with Crippen LogP contribution in [0.5, 0.6) is 0 Å². The van der Waals surface area contributed by atoms with E-state index < -0.39 is 67.6 Å². The number of aliphatic hydroxyl groups excluding tert-OH is 2. The number of thiol groups is 1. The molecule has 44 heavy (non-hydrogen) atoms. The van der Waals surface area contributed by atoms with Crippen LogP contribution < -0.4 is 17.0 Å². The number of nitrogens with zero attached hydrogens (tertiary/aromatic N) is 7. The van der Waals surface area contributed by atoms with E-state index in [9.17, 15) is 19.6 Å². The highest BCUT2D eigenvalue weighted by Crippen LogP contribution is 2.58. The van der Waals surface area contributed by atoms with Crippen molar-refractivity contribution in [3.8, 4) is 0 Å². The molecule has 3 aliphatic heterocycles. The highest BCUT2D eigenvalue weighted by molar-refractivity contribution is 8.44. The first-order chi connectivity index (χ1) is 21.0. The van der Waals surface area contributed by atoms with Crippen LogP contribution in [-0.4, -0.2) is 105 Å². The largest absolute Gasteiger partial charge is 0.394 e. The number of ether oxygens (including phenoxy) is 3. The minimum Gasteiger partial charge on any atom is -0.394 e. The van der Waals surface area contributed by atoms with E-state index in [-0.39, 0.29) is 42.6 Å². The van der Waals surface area contributed by atoms with Crippen LogP contribution in [0.3, 0.4) is 0 Å². The van der Waals surface area contributed by atoms with E-state index in [1.54, 1.807) is 4.57 Å². The summed E-state index contributed by atoms with van der Waals surface area (Å²) in [6.45, 7) is -5.35. The van der Waals surface area contributed by atoms with E-state index in [0.29, 0.717) is 11.2 Å². The average Bonchev–Trinajstić information content (AvgIpc) is 3.78. The van der Waals surface area contributed by atoms with Crippen LogP contribution in [0.2, 0.25) is 0 Å². The minimum absolute atomic E-state index is 0.00636. The zero-order valence-corrected chi connectivity index (χ0v) is 24.2. The Hall–Kier alpha value is -3.27. The molecule has 2 bridgehead atoms. The van der Waals surface area contributed by atoms with Gasteiger partial charge < -0.3 is 40.4 Å². The zero-order chi connectivity index (χ0) is 31.0. The summed E-state index contributed by atoms with van der Waals surface area (Å²) in [4.78, 5) is 34.9. The summed E-state index contributed by atoms with van der Waals surface area (Å²) in [6, 6.07) is 0. The maximum absolute atomic E-state index is 15.4. The summed E-state index contributed by atoms with van der Waals surface area (Å²) in [5.74, 6) is -0.0508. The molecule has 3 saturated heterocycles. The van der Waals surface area contributed by atoms with Gasteiger partial charge in [-0.05, 0) is 0 Å². The van der Waals surface area contributed by atoms with Gasteiger partial charge in [0.15, 0.2) is 41.3 Å². The molecule has 7 heterocycles. The Bertz CT molecular complexity index is 1840. The second-order valence-electron chi connectivity index (χ2n) is 10.5. The van der Waals surface area contributed by atoms with Gasteiger partial charge in [-0.3, -0.25) is 23.4 Å². The highest BCUT2D eigenvalue weighted by Gasteiger charge is 2.61. The van der Waals surface area contributed by atoms with Gasteiger partial charge in [0.05, 0.1) is 32.5 Å². The van der Waals surface area contributed by atoms with Crippen LogP contribution in [0.15, 0.2) is 23.8 Å². The molecule has 0 saturated carbocycles. The van der Waals surface area contributed by atoms with Gasteiger partial charge in [0.2, 0.25) is 5.95 Å². The van der Waals surface area contributed by atoms with Crippen LogP contribution in [0, 0.1) is 0 Å². The summed E-state index contributed by atoms with van der Waals surface area (Å²) < 4.78 is 60.1. The fraction of sp³-hybridized carbons (Fsp3) is 0.545. The van der Waals surface area contributed by atoms with Crippen LogP contribution in [0.1, 0.15) is 18.9 Å². The number of imidazole rings is 2. The number of nitrogens with two attached hydrogens (primary N) is 2. The van der Waals surface area contributed by atoms with Crippen molar-refractivity contribution < 1.29 is 42.4 Å². The number of H-pyrrole nitrogens is 1. The van der Waals surface area contributed by atoms with Crippen LogP contribution >= 0.6 is 19.0 Å². The maximum atomic E-state index is 15.4. The van der Waals surface area contributed by atoms with E-state index in [1.807, 2.05) is 0 Å². The molecular formula is C22H26FN10O9PS. The van der Waals surface area contributed by atoms with Crippen LogP contribution in [0.4, 0.5) is 16.2 Å². The number of hydrogen-bond donors (Lipinski definition) is 6. The summed E-state index contributed by atoms with van der Waals surface area (Å²) >= 11 is 4.03. The number of aromatic amines is 1. The number of aromatic nitrogens is 8. The van der Waals surface area contributed by atoms with Crippen molar-refractivity contribution in [1.29, 1.82) is 0 Å². The number of aliphatic hydroxyl groups is 2. The molecule has 4 aromatic rings. The van der Waals surface area contributed by atoms with E-state index in [2.05, 4.69) is 42.2 Å². The number of nitrogen functional groups attached to an aromatic ring is 2. The fourth-order valence-electron chi connectivity index (χ4n) is 5.74. The van der Waals surface area contributed by atoms with Crippen molar-refractivity contribution in [2.24, 2.45) is 0 Å². The van der Waals surface area contributed by atoms with E-state index in [4.69, 9.17) is 34.7 Å². The number of anilines is 2. The maximum Gasteiger partial charge on any atom is 0.386 e. The molecule has 0 aromatic carbocycles. The molecule has 3 aliphatic rings. The van der Waals surface area contributed by atoms with Crippen molar-refractivity contribution in [3.05, 3.63) is 29.3 Å². The Labute approximate surface area is 250 Å². The lowest BCUT2D eigenvalue weighted by Gasteiger charge is -2.31. The van der Waals surface area contributed by atoms with Crippen molar-refractivity contribution in [2.45, 2.75) is 55.1 Å². The SMILES string of the molecule is Nc1nc2c(ncn2[C@@H]2O[C@H](CO)[C@@H](F)[C@H]2OP(=O)(S)OCC[C@@]23CO[C@@H]([C@H](n4cnc5c(N)ncnc54)O2)[C@@H]3O)c(=O)[nH]1. The standard InChI is InChI=1S/C22H26FN10O9PS/c23-9-8(3-34)40-19(33-7-29-11-17(33)30-21(25)31-18(11)36)12(9)42-43(37,44)39-2-1-22-4-38-13(14(22)35)20(41-22)32-6-28-10-15(24)26-5-27-16(10)32/h5-9,12-14,19-20,34-35H,1-4H2,(H,37,44)(H2,24,26,27)(H3,25,30,31,36)/t8-,9-,12-,13-,14+,19-,20-,22+,43?/m1/s1. The second-order valence-corrected chi connectivity index (χ2v) is 13.3. The number of rotatable bonds is 9. The molecule has 7 N–H and O–H groups in total. The lowest BCUT2D eigenvalue weighted by atomic mass is 9.96. The van der Waals surface area contributed by atoms with E-state index in [1.165, 1.54) is 17.2 Å². The second kappa shape index (κ2) is 10.7. The molecule has 3 fully saturated rings. The molecule has 0 spiro atoms. The Balaban J connectivity index is 1.06. The number of halogens is 1. The predicted molar refractivity (Wildman–Crippen MR) is 149 cm³/mol. The van der Waals surface area contributed by atoms with Gasteiger partial charge in [0, 0.05) is 6.42 Å². The van der Waals surface area contributed by atoms with Gasteiger partial charge in [-0.1, -0.05) is 12.2 Å². The van der Waals surface area contributed by atoms with Gasteiger partial charge in [-0.2, -0.15) is 4.98 Å². The van der Waals surface area contributed by atoms with Gasteiger partial charge in [-0.15, -0.1) is 0 Å². The number of alkyl halides is 1. The highest BCUT2D eigenvalue weighted by atomic mass is 32.7. The first-order valence-electron chi connectivity index (χ1n) is 13.2. The van der Waals surface area contributed by atoms with Gasteiger partial charge in [0.1, 0.15) is 41.9 Å². The van der Waals surface area contributed by atoms with Crippen LogP contribution in [-0.2, 0) is 27.8 Å². The lowest BCUT2D eigenvalue weighted by Crippen LogP contribution is -2.41. The van der Waals surface area contributed by atoms with Gasteiger partial charge in [-0.25, -0.2) is 28.9 Å². The quantitative estimate of drug-likeness (QED) is 0.0952. The number of fused-ring (bicyclic) bond motifs is 4. The summed E-state index contributed by atoms with van der Waals surface area (Å²) in [7, 11) is 0. The van der Waals surface area contributed by atoms with E-state index in [0.717, 1.165) is 6.33 Å². The van der Waals surface area contributed by atoms with E-state index >= 15 is 4.39 Å². The Morgan fingerprint density at radius 2 is 1.93 bits per heavy atom. The predicted octanol–water partition coefficient (Wildman–Crippen LogP) is -0.791. The molecule has 0 radical (unpaired) electrons. The first-order valence-corrected chi connectivity index (χ1v) is 15.9. The molecule has 4 aromatic heterocycles. The monoisotopic (exact) mass is 656 g/mol. The van der Waals surface area contributed by atoms with Crippen molar-refractivity contribution in [3.63, 3.8) is 0 Å². The van der Waals surface area contributed by atoms with Crippen molar-refractivity contribution in [2.75, 3.05) is 31.3 Å². The number of nitrogens with one attached hydrogen (secondary N) is 1. The topological polar surface area (TPSA) is 263 Å². The Kier molecular flexibility index (Phi) is 7.14. The molecule has 0 amide bonds. The average molecular weight is 657 g/mol. The lowest BCUT2D eigenvalue weighted by molar-refractivity contribution is -0.176. The van der Waals surface area contributed by atoms with Gasteiger partial charge >= 0.3 is 6.80 Å². The Morgan fingerprint density at radius 1 is 1.18 bits per heavy atom. The third-order valence-electron chi connectivity index (χ3n) is 7.87.